The van der Waals surface area contributed by atoms with Crippen LogP contribution in [-0.2, 0) is 17.8 Å². The van der Waals surface area contributed by atoms with Crippen LogP contribution >= 0.6 is 11.3 Å². The van der Waals surface area contributed by atoms with Gasteiger partial charge in [0.05, 0.1) is 12.0 Å². The third kappa shape index (κ3) is 4.99. The molecule has 3 rings (SSSR count). The molecule has 0 spiro atoms. The first-order valence-corrected chi connectivity index (χ1v) is 8.68. The molecule has 1 aromatic carbocycles. The number of carbonyl (C=O) groups is 2. The van der Waals surface area contributed by atoms with E-state index in [1.807, 2.05) is 41.8 Å². The number of pyridine rings is 1. The summed E-state index contributed by atoms with van der Waals surface area (Å²) in [5, 5.41) is 7.68. The van der Waals surface area contributed by atoms with E-state index in [0.717, 1.165) is 16.1 Å². The van der Waals surface area contributed by atoms with Gasteiger partial charge in [-0.05, 0) is 41.3 Å². The molecule has 3 aromatic rings. The predicted octanol–water partition coefficient (Wildman–Crippen LogP) is 3.25. The third-order valence-corrected chi connectivity index (χ3v) is 4.38. The molecule has 0 saturated heterocycles. The van der Waals surface area contributed by atoms with Crippen molar-refractivity contribution in [3.8, 4) is 0 Å². The second-order valence-electron chi connectivity index (χ2n) is 5.43. The summed E-state index contributed by atoms with van der Waals surface area (Å²) in [5.74, 6) is -0.237. The van der Waals surface area contributed by atoms with Crippen LogP contribution in [0.2, 0.25) is 0 Å². The lowest BCUT2D eigenvalue weighted by atomic mass is 10.2. The largest absolute Gasteiger partial charge is 0.348 e. The van der Waals surface area contributed by atoms with E-state index in [2.05, 4.69) is 15.6 Å². The molecular formula is C19H17N3O2S. The number of amides is 2. The van der Waals surface area contributed by atoms with Crippen LogP contribution in [0.1, 0.15) is 20.8 Å². The number of nitrogens with zero attached hydrogens (tertiary/aromatic N) is 1. The van der Waals surface area contributed by atoms with E-state index >= 15 is 0 Å². The van der Waals surface area contributed by atoms with Gasteiger partial charge in [-0.15, -0.1) is 11.3 Å². The molecule has 6 heteroatoms. The highest BCUT2D eigenvalue weighted by Crippen LogP contribution is 2.13. The van der Waals surface area contributed by atoms with E-state index in [4.69, 9.17) is 0 Å². The zero-order valence-corrected chi connectivity index (χ0v) is 14.3. The van der Waals surface area contributed by atoms with Crippen LogP contribution in [0.25, 0.3) is 0 Å². The maximum atomic E-state index is 12.1. The standard InChI is InChI=1S/C19H17N3O2S/c23-18(11-17-7-3-9-25-17)22-16-6-1-4-14(10-16)12-21-19(24)15-5-2-8-20-13-15/h1-10,13H,11-12H2,(H,21,24)(H,22,23). The summed E-state index contributed by atoms with van der Waals surface area (Å²) < 4.78 is 0. The fourth-order valence-electron chi connectivity index (χ4n) is 2.32. The smallest absolute Gasteiger partial charge is 0.253 e. The number of hydrogen-bond donors (Lipinski definition) is 2. The summed E-state index contributed by atoms with van der Waals surface area (Å²) in [4.78, 5) is 29.1. The first-order chi connectivity index (χ1) is 12.2. The highest BCUT2D eigenvalue weighted by atomic mass is 32.1. The Kier molecular flexibility index (Phi) is 5.53. The minimum Gasteiger partial charge on any atom is -0.348 e. The molecule has 0 unspecified atom stereocenters. The Hall–Kier alpha value is -2.99. The molecule has 2 heterocycles. The monoisotopic (exact) mass is 351 g/mol. The van der Waals surface area contributed by atoms with Gasteiger partial charge in [0.1, 0.15) is 0 Å². The quantitative estimate of drug-likeness (QED) is 0.716. The van der Waals surface area contributed by atoms with Crippen LogP contribution in [0, 0.1) is 0 Å². The van der Waals surface area contributed by atoms with E-state index in [0.29, 0.717) is 18.5 Å². The number of hydrogen-bond acceptors (Lipinski definition) is 4. The van der Waals surface area contributed by atoms with Crippen LogP contribution < -0.4 is 10.6 Å². The van der Waals surface area contributed by atoms with Gasteiger partial charge in [-0.25, -0.2) is 0 Å². The van der Waals surface area contributed by atoms with Gasteiger partial charge in [-0.2, -0.15) is 0 Å². The number of rotatable bonds is 6. The van der Waals surface area contributed by atoms with E-state index in [1.165, 1.54) is 6.20 Å². The molecule has 5 nitrogen and oxygen atoms in total. The number of thiophene rings is 1. The molecule has 0 fully saturated rings. The SMILES string of the molecule is O=C(Cc1cccs1)Nc1cccc(CNC(=O)c2cccnc2)c1. The molecule has 0 aliphatic rings. The van der Waals surface area contributed by atoms with Gasteiger partial charge in [0, 0.05) is 29.5 Å². The summed E-state index contributed by atoms with van der Waals surface area (Å²) in [7, 11) is 0. The second kappa shape index (κ2) is 8.21. The van der Waals surface area contributed by atoms with Crippen molar-refractivity contribution in [2.24, 2.45) is 0 Å². The van der Waals surface area contributed by atoms with Crippen molar-refractivity contribution < 1.29 is 9.59 Å². The Morgan fingerprint density at radius 2 is 2.00 bits per heavy atom. The topological polar surface area (TPSA) is 71.1 Å². The lowest BCUT2D eigenvalue weighted by Crippen LogP contribution is -2.23. The van der Waals surface area contributed by atoms with Gasteiger partial charge >= 0.3 is 0 Å². The summed E-state index contributed by atoms with van der Waals surface area (Å²) in [6.45, 7) is 0.377. The predicted molar refractivity (Wildman–Crippen MR) is 98.5 cm³/mol. The maximum Gasteiger partial charge on any atom is 0.253 e. The Bertz CT molecular complexity index is 848. The molecule has 0 saturated carbocycles. The van der Waals surface area contributed by atoms with Crippen LogP contribution in [-0.4, -0.2) is 16.8 Å². The molecule has 0 atom stereocenters. The van der Waals surface area contributed by atoms with Crippen LogP contribution in [0.15, 0.2) is 66.3 Å². The van der Waals surface area contributed by atoms with E-state index in [1.54, 1.807) is 29.7 Å². The Morgan fingerprint density at radius 1 is 1.08 bits per heavy atom. The number of benzene rings is 1. The zero-order valence-electron chi connectivity index (χ0n) is 13.4. The lowest BCUT2D eigenvalue weighted by molar-refractivity contribution is -0.115. The summed E-state index contributed by atoms with van der Waals surface area (Å²) in [5.41, 5.74) is 2.14. The maximum absolute atomic E-state index is 12.1. The van der Waals surface area contributed by atoms with Crippen LogP contribution in [0.4, 0.5) is 5.69 Å². The molecule has 0 radical (unpaired) electrons. The Labute approximate surface area is 149 Å². The minimum absolute atomic E-state index is 0.0565. The molecule has 0 aliphatic carbocycles. The van der Waals surface area contributed by atoms with E-state index < -0.39 is 0 Å². The van der Waals surface area contributed by atoms with Gasteiger partial charge in [0.2, 0.25) is 5.91 Å². The van der Waals surface area contributed by atoms with Crippen molar-refractivity contribution >= 4 is 28.8 Å². The average Bonchev–Trinajstić information content (AvgIpc) is 3.13. The van der Waals surface area contributed by atoms with Crippen molar-refractivity contribution in [1.29, 1.82) is 0 Å². The molecule has 2 N–H and O–H groups in total. The molecular weight excluding hydrogens is 334 g/mol. The molecule has 0 aliphatic heterocycles. The van der Waals surface area contributed by atoms with Crippen LogP contribution in [0.3, 0.4) is 0 Å². The first kappa shape index (κ1) is 16.9. The van der Waals surface area contributed by atoms with Crippen molar-refractivity contribution in [2.45, 2.75) is 13.0 Å². The van der Waals surface area contributed by atoms with Gasteiger partial charge in [-0.1, -0.05) is 18.2 Å². The Morgan fingerprint density at radius 3 is 2.76 bits per heavy atom. The van der Waals surface area contributed by atoms with Crippen molar-refractivity contribution in [3.05, 3.63) is 82.3 Å². The highest BCUT2D eigenvalue weighted by molar-refractivity contribution is 7.10. The number of aromatic nitrogens is 1. The number of nitrogens with one attached hydrogen (secondary N) is 2. The molecule has 2 aromatic heterocycles. The molecule has 0 bridgehead atoms. The lowest BCUT2D eigenvalue weighted by Gasteiger charge is -2.08. The number of carbonyl (C=O) groups excluding carboxylic acids is 2. The normalized spacial score (nSPS) is 10.2. The Balaban J connectivity index is 1.56. The van der Waals surface area contributed by atoms with Gasteiger partial charge in [0.15, 0.2) is 0 Å². The number of anilines is 1. The van der Waals surface area contributed by atoms with Crippen molar-refractivity contribution in [3.63, 3.8) is 0 Å². The fraction of sp³-hybridized carbons (Fsp3) is 0.105. The van der Waals surface area contributed by atoms with Gasteiger partial charge in [-0.3, -0.25) is 14.6 Å². The minimum atomic E-state index is -0.180. The van der Waals surface area contributed by atoms with Gasteiger partial charge < -0.3 is 10.6 Å². The highest BCUT2D eigenvalue weighted by Gasteiger charge is 2.07. The first-order valence-electron chi connectivity index (χ1n) is 7.80. The van der Waals surface area contributed by atoms with Crippen molar-refractivity contribution in [2.75, 3.05) is 5.32 Å². The third-order valence-electron chi connectivity index (χ3n) is 3.50. The van der Waals surface area contributed by atoms with Crippen LogP contribution in [0.5, 0.6) is 0 Å². The summed E-state index contributed by atoms with van der Waals surface area (Å²) >= 11 is 1.56. The zero-order chi connectivity index (χ0) is 17.5. The molecule has 126 valence electrons. The summed E-state index contributed by atoms with van der Waals surface area (Å²) in [6, 6.07) is 14.7. The van der Waals surface area contributed by atoms with E-state index in [9.17, 15) is 9.59 Å². The second-order valence-corrected chi connectivity index (χ2v) is 6.46. The molecule has 25 heavy (non-hydrogen) atoms. The summed E-state index contributed by atoms with van der Waals surface area (Å²) in [6.07, 6.45) is 3.51. The average molecular weight is 351 g/mol. The van der Waals surface area contributed by atoms with Crippen molar-refractivity contribution in [1.82, 2.24) is 10.3 Å². The fourth-order valence-corrected chi connectivity index (χ4v) is 3.02. The van der Waals surface area contributed by atoms with E-state index in [-0.39, 0.29) is 11.8 Å². The molecule has 2 amide bonds. The van der Waals surface area contributed by atoms with Gasteiger partial charge in [0.25, 0.3) is 5.91 Å².